The fourth-order valence-corrected chi connectivity index (χ4v) is 5.39. The minimum atomic E-state index is -0.497. The summed E-state index contributed by atoms with van der Waals surface area (Å²) < 4.78 is 6.46. The first-order valence-corrected chi connectivity index (χ1v) is 14.7. The molecule has 2 aromatic carbocycles. The van der Waals surface area contributed by atoms with Crippen LogP contribution in [0, 0.1) is 5.92 Å². The summed E-state index contributed by atoms with van der Waals surface area (Å²) in [7, 11) is 1.31. The molecule has 2 atom stereocenters. The molecule has 0 saturated carbocycles. The van der Waals surface area contributed by atoms with Crippen molar-refractivity contribution < 1.29 is 14.3 Å². The number of benzene rings is 2. The van der Waals surface area contributed by atoms with Crippen LogP contribution < -0.4 is 21.9 Å². The van der Waals surface area contributed by atoms with Crippen LogP contribution in [0.3, 0.4) is 0 Å². The van der Waals surface area contributed by atoms with E-state index in [1.807, 2.05) is 13.0 Å². The number of halogens is 2. The zero-order valence-corrected chi connectivity index (χ0v) is 25.5. The largest absolute Gasteiger partial charge is 0.465 e. The molecule has 0 fully saturated rings. The van der Waals surface area contributed by atoms with Crippen LogP contribution in [-0.2, 0) is 9.53 Å². The highest BCUT2D eigenvalue weighted by molar-refractivity contribution is 6.31. The fourth-order valence-electron chi connectivity index (χ4n) is 5.16. The molecular weight excluding hydrogens is 603 g/mol. The Kier molecular flexibility index (Phi) is 9.32. The minimum absolute atomic E-state index is 0.0578. The van der Waals surface area contributed by atoms with Crippen molar-refractivity contribution in [3.05, 3.63) is 105 Å². The van der Waals surface area contributed by atoms with Crippen LogP contribution in [-0.4, -0.2) is 33.5 Å². The van der Waals surface area contributed by atoms with Gasteiger partial charge in [-0.15, -0.1) is 0 Å². The van der Waals surface area contributed by atoms with Gasteiger partial charge >= 0.3 is 5.97 Å². The molecule has 2 unspecified atom stereocenters. The van der Waals surface area contributed by atoms with Crippen molar-refractivity contribution in [3.63, 3.8) is 0 Å². The van der Waals surface area contributed by atoms with Crippen molar-refractivity contribution in [2.24, 2.45) is 11.7 Å². The van der Waals surface area contributed by atoms with Crippen molar-refractivity contribution in [1.29, 1.82) is 0 Å². The number of carbonyl (C=O) groups excluding carboxylic acids is 2. The highest BCUT2D eigenvalue weighted by Gasteiger charge is 2.23. The third-order valence-electron chi connectivity index (χ3n) is 7.49. The van der Waals surface area contributed by atoms with Gasteiger partial charge in [-0.2, -0.15) is 0 Å². The molecule has 3 heterocycles. The molecule has 0 aliphatic carbocycles. The van der Waals surface area contributed by atoms with E-state index in [1.165, 1.54) is 25.7 Å². The number of fused-ring (bicyclic) bond motifs is 4. The number of anilines is 2. The third-order valence-corrected chi connectivity index (χ3v) is 7.83. The van der Waals surface area contributed by atoms with Gasteiger partial charge in [0.25, 0.3) is 5.56 Å². The van der Waals surface area contributed by atoms with Gasteiger partial charge in [-0.25, -0.2) is 9.78 Å². The van der Waals surface area contributed by atoms with Crippen molar-refractivity contribution in [3.8, 4) is 22.4 Å². The van der Waals surface area contributed by atoms with E-state index in [9.17, 15) is 14.4 Å². The Morgan fingerprint density at radius 1 is 1.09 bits per heavy atom. The van der Waals surface area contributed by atoms with Gasteiger partial charge in [-0.05, 0) is 66.9 Å². The predicted molar refractivity (Wildman–Crippen MR) is 171 cm³/mol. The Morgan fingerprint density at radius 3 is 2.66 bits per heavy atom. The average Bonchev–Trinajstić information content (AvgIpc) is 3.02. The zero-order chi connectivity index (χ0) is 31.4. The van der Waals surface area contributed by atoms with Gasteiger partial charge in [-0.1, -0.05) is 36.5 Å². The van der Waals surface area contributed by atoms with Crippen LogP contribution in [0.2, 0.25) is 5.02 Å². The van der Waals surface area contributed by atoms with Gasteiger partial charge in [0.05, 0.1) is 36.4 Å². The van der Waals surface area contributed by atoms with E-state index in [1.54, 1.807) is 53.2 Å². The van der Waals surface area contributed by atoms with E-state index in [-0.39, 0.29) is 22.5 Å². The Labute approximate surface area is 263 Å². The normalized spacial score (nSPS) is 17.0. The Balaban J connectivity index is 1.60. The second kappa shape index (κ2) is 13.3. The van der Waals surface area contributed by atoms with Crippen LogP contribution in [0.1, 0.15) is 48.3 Å². The van der Waals surface area contributed by atoms with Gasteiger partial charge in [0.1, 0.15) is 5.16 Å². The SMILES string of the molecule is COC(=O)c1ccc2c(c1)-c1ccnc(c1)C(n1cnc(-c3cc(Cl)ccc3N/C=C(\N)Cl)cc1=O)CCCC(C)C(=O)N2. The number of nitrogens with one attached hydrogen (secondary N) is 2. The van der Waals surface area contributed by atoms with E-state index < -0.39 is 12.0 Å². The molecule has 0 saturated heterocycles. The summed E-state index contributed by atoms with van der Waals surface area (Å²) in [6.07, 6.45) is 6.35. The van der Waals surface area contributed by atoms with Crippen molar-refractivity contribution in [2.75, 3.05) is 17.7 Å². The first-order chi connectivity index (χ1) is 21.1. The summed E-state index contributed by atoms with van der Waals surface area (Å²) >= 11 is 12.1. The molecule has 4 aromatic rings. The first-order valence-electron chi connectivity index (χ1n) is 13.9. The van der Waals surface area contributed by atoms with Crippen LogP contribution >= 0.6 is 23.2 Å². The summed E-state index contributed by atoms with van der Waals surface area (Å²) in [5, 5.41) is 6.55. The number of methoxy groups -OCH3 is 1. The number of ether oxygens (including phenoxy) is 1. The highest BCUT2D eigenvalue weighted by Crippen LogP contribution is 2.34. The topological polar surface area (TPSA) is 141 Å². The Hall–Kier alpha value is -4.67. The highest BCUT2D eigenvalue weighted by atomic mass is 35.5. The summed E-state index contributed by atoms with van der Waals surface area (Å²) in [6.45, 7) is 1.86. The maximum Gasteiger partial charge on any atom is 0.337 e. The standard InChI is InChI=1S/C32H30Cl2N6O4/c1-18-4-3-5-28(40-17-38-26(15-30(40)41)23-14-21(33)7-9-24(23)37-16-29(34)35)27-13-19(10-11-36-27)22-12-20(32(43)44-2)6-8-25(22)39-31(18)42/h6-18,28,37H,3-5,35H2,1-2H3,(H,39,42)/b29-16-. The molecule has 2 bridgehead atoms. The van der Waals surface area contributed by atoms with Crippen molar-refractivity contribution in [2.45, 2.75) is 32.2 Å². The van der Waals surface area contributed by atoms with E-state index >= 15 is 0 Å². The molecule has 226 valence electrons. The number of nitrogens with two attached hydrogens (primary N) is 1. The molecule has 0 radical (unpaired) electrons. The van der Waals surface area contributed by atoms with Crippen molar-refractivity contribution >= 4 is 46.5 Å². The lowest BCUT2D eigenvalue weighted by Gasteiger charge is -2.23. The number of esters is 1. The molecule has 44 heavy (non-hydrogen) atoms. The van der Waals surface area contributed by atoms with Crippen LogP contribution in [0.5, 0.6) is 0 Å². The molecular formula is C32H30Cl2N6O4. The summed E-state index contributed by atoms with van der Waals surface area (Å²) in [5.74, 6) is -0.927. The zero-order valence-electron chi connectivity index (χ0n) is 24.0. The summed E-state index contributed by atoms with van der Waals surface area (Å²) in [6, 6.07) is 14.7. The lowest BCUT2D eigenvalue weighted by Crippen LogP contribution is -2.27. The van der Waals surface area contributed by atoms with Gasteiger partial charge in [-0.3, -0.25) is 19.1 Å². The molecule has 10 nitrogen and oxygen atoms in total. The molecule has 2 aromatic heterocycles. The third kappa shape index (κ3) is 6.77. The molecule has 5 rings (SSSR count). The number of amides is 1. The molecule has 12 heteroatoms. The second-order valence-electron chi connectivity index (χ2n) is 10.4. The van der Waals surface area contributed by atoms with Crippen LogP contribution in [0.25, 0.3) is 22.4 Å². The molecule has 0 spiro atoms. The van der Waals surface area contributed by atoms with Crippen molar-refractivity contribution in [1.82, 2.24) is 14.5 Å². The molecule has 1 amide bonds. The van der Waals surface area contributed by atoms with E-state index in [0.717, 1.165) is 0 Å². The number of aromatic nitrogens is 3. The number of hydrogen-bond acceptors (Lipinski definition) is 8. The van der Waals surface area contributed by atoms with Crippen LogP contribution in [0.4, 0.5) is 11.4 Å². The second-order valence-corrected chi connectivity index (χ2v) is 11.3. The number of hydrogen-bond donors (Lipinski definition) is 3. The number of carbonyl (C=O) groups is 2. The molecule has 1 aliphatic heterocycles. The quantitative estimate of drug-likeness (QED) is 0.175. The maximum absolute atomic E-state index is 13.7. The van der Waals surface area contributed by atoms with E-state index in [0.29, 0.717) is 69.3 Å². The smallest absolute Gasteiger partial charge is 0.337 e. The fraction of sp³-hybridized carbons (Fsp3) is 0.219. The molecule has 1 aliphatic rings. The number of pyridine rings is 1. The van der Waals surface area contributed by atoms with Gasteiger partial charge < -0.3 is 21.1 Å². The Bertz CT molecular complexity index is 1820. The minimum Gasteiger partial charge on any atom is -0.465 e. The lowest BCUT2D eigenvalue weighted by molar-refractivity contribution is -0.119. The van der Waals surface area contributed by atoms with Gasteiger partial charge in [0.15, 0.2) is 0 Å². The van der Waals surface area contributed by atoms with E-state index in [4.69, 9.17) is 33.7 Å². The monoisotopic (exact) mass is 632 g/mol. The van der Waals surface area contributed by atoms with Crippen LogP contribution in [0.15, 0.2) is 83.3 Å². The maximum atomic E-state index is 13.7. The summed E-state index contributed by atoms with van der Waals surface area (Å²) in [5.41, 5.74) is 9.76. The molecule has 4 N–H and O–H groups in total. The average molecular weight is 634 g/mol. The summed E-state index contributed by atoms with van der Waals surface area (Å²) in [4.78, 5) is 48.4. The van der Waals surface area contributed by atoms with Gasteiger partial charge in [0.2, 0.25) is 5.91 Å². The Morgan fingerprint density at radius 2 is 1.91 bits per heavy atom. The lowest BCUT2D eigenvalue weighted by atomic mass is 9.94. The number of nitrogens with zero attached hydrogens (tertiary/aromatic N) is 3. The van der Waals surface area contributed by atoms with E-state index in [2.05, 4.69) is 20.6 Å². The van der Waals surface area contributed by atoms with Gasteiger partial charge in [0, 0.05) is 51.9 Å². The first kappa shape index (κ1) is 30.8. The predicted octanol–water partition coefficient (Wildman–Crippen LogP) is 6.17. The number of rotatable bonds is 5.